The molecule has 0 saturated carbocycles. The Balaban J connectivity index is 1.81. The van der Waals surface area contributed by atoms with Gasteiger partial charge < -0.3 is 16.8 Å². The molecule has 0 spiro atoms. The Morgan fingerprint density at radius 3 is 2.50 bits per heavy atom. The fourth-order valence-corrected chi connectivity index (χ4v) is 2.33. The first-order chi connectivity index (χ1) is 9.63. The molecular weight excluding hydrogens is 254 g/mol. The van der Waals surface area contributed by atoms with E-state index in [-0.39, 0.29) is 11.9 Å². The van der Waals surface area contributed by atoms with Gasteiger partial charge in [0.05, 0.1) is 12.6 Å². The number of anilines is 1. The molecule has 6 nitrogen and oxygen atoms in total. The number of guanidine groups is 1. The summed E-state index contributed by atoms with van der Waals surface area (Å²) in [6.45, 7) is 1.99. The summed E-state index contributed by atoms with van der Waals surface area (Å²) in [7, 11) is 0. The maximum atomic E-state index is 10.9. The average molecular weight is 275 g/mol. The van der Waals surface area contributed by atoms with Crippen LogP contribution in [0.5, 0.6) is 0 Å². The van der Waals surface area contributed by atoms with Gasteiger partial charge in [-0.15, -0.1) is 0 Å². The second-order valence-electron chi connectivity index (χ2n) is 4.98. The van der Waals surface area contributed by atoms with Crippen LogP contribution < -0.4 is 16.8 Å². The van der Waals surface area contributed by atoms with Crippen LogP contribution >= 0.6 is 0 Å². The molecule has 20 heavy (non-hydrogen) atoms. The lowest BCUT2D eigenvalue weighted by Gasteiger charge is -2.29. The third kappa shape index (κ3) is 4.55. The standard InChI is InChI=1S/C14H21N5O/c15-13(20)10-19-8-6-12(7-9-19)18-14(16)17-11-4-2-1-3-5-11/h1-5,12H,6-10H2,(H2,15,20)(H3,16,17,18). The van der Waals surface area contributed by atoms with Crippen molar-refractivity contribution in [2.45, 2.75) is 18.9 Å². The number of benzene rings is 1. The Labute approximate surface area is 118 Å². The molecule has 1 heterocycles. The lowest BCUT2D eigenvalue weighted by atomic mass is 10.1. The van der Waals surface area contributed by atoms with Crippen LogP contribution in [0.15, 0.2) is 35.3 Å². The minimum absolute atomic E-state index is 0.204. The van der Waals surface area contributed by atoms with Crippen molar-refractivity contribution in [3.63, 3.8) is 0 Å². The molecular formula is C14H21N5O. The van der Waals surface area contributed by atoms with Gasteiger partial charge in [-0.2, -0.15) is 0 Å². The van der Waals surface area contributed by atoms with Crippen LogP contribution in [-0.2, 0) is 4.79 Å². The van der Waals surface area contributed by atoms with Gasteiger partial charge in [0.15, 0.2) is 5.96 Å². The van der Waals surface area contributed by atoms with Crippen molar-refractivity contribution in [3.05, 3.63) is 30.3 Å². The highest BCUT2D eigenvalue weighted by atomic mass is 16.1. The van der Waals surface area contributed by atoms with Gasteiger partial charge in [0.1, 0.15) is 0 Å². The smallest absolute Gasteiger partial charge is 0.231 e. The Kier molecular flexibility index (Phi) is 4.95. The first-order valence-electron chi connectivity index (χ1n) is 6.79. The fraction of sp³-hybridized carbons (Fsp3) is 0.429. The number of aliphatic imine (C=N–C) groups is 1. The number of nitrogens with two attached hydrogens (primary N) is 2. The van der Waals surface area contributed by atoms with Gasteiger partial charge >= 0.3 is 0 Å². The van der Waals surface area contributed by atoms with Crippen LogP contribution in [0, 0.1) is 0 Å². The first kappa shape index (κ1) is 14.3. The van der Waals surface area contributed by atoms with Gasteiger partial charge in [-0.3, -0.25) is 9.69 Å². The lowest BCUT2D eigenvalue weighted by molar-refractivity contribution is -0.119. The van der Waals surface area contributed by atoms with Crippen LogP contribution in [0.4, 0.5) is 5.69 Å². The third-order valence-electron chi connectivity index (χ3n) is 3.30. The van der Waals surface area contributed by atoms with Crippen molar-refractivity contribution in [2.24, 2.45) is 16.5 Å². The number of amides is 1. The summed E-state index contributed by atoms with van der Waals surface area (Å²) >= 11 is 0. The van der Waals surface area contributed by atoms with Gasteiger partial charge in [0.25, 0.3) is 0 Å². The van der Waals surface area contributed by atoms with Gasteiger partial charge in [0, 0.05) is 18.8 Å². The topological polar surface area (TPSA) is 96.7 Å². The summed E-state index contributed by atoms with van der Waals surface area (Å²) in [6.07, 6.45) is 1.79. The van der Waals surface area contributed by atoms with E-state index >= 15 is 0 Å². The van der Waals surface area contributed by atoms with Crippen LogP contribution in [0.25, 0.3) is 0 Å². The minimum Gasteiger partial charge on any atom is -0.370 e. The summed E-state index contributed by atoms with van der Waals surface area (Å²) < 4.78 is 0. The van der Waals surface area contributed by atoms with Crippen molar-refractivity contribution in [1.82, 2.24) is 4.90 Å². The Hall–Kier alpha value is -2.08. The van der Waals surface area contributed by atoms with Gasteiger partial charge in [-0.05, 0) is 25.0 Å². The zero-order valence-corrected chi connectivity index (χ0v) is 11.5. The second kappa shape index (κ2) is 6.91. The van der Waals surface area contributed by atoms with Gasteiger partial charge in [-0.25, -0.2) is 4.99 Å². The number of nitrogens with one attached hydrogen (secondary N) is 1. The molecule has 1 aromatic rings. The SMILES string of the molecule is NC(=O)CN1CCC(N=C(N)Nc2ccccc2)CC1. The summed E-state index contributed by atoms with van der Waals surface area (Å²) in [5.41, 5.74) is 12.0. The van der Waals surface area contributed by atoms with Crippen molar-refractivity contribution >= 4 is 17.6 Å². The number of primary amides is 1. The molecule has 1 saturated heterocycles. The Morgan fingerprint density at radius 1 is 1.25 bits per heavy atom. The number of likely N-dealkylation sites (tertiary alicyclic amines) is 1. The molecule has 1 aliphatic rings. The van der Waals surface area contributed by atoms with Crippen LogP contribution in [0.2, 0.25) is 0 Å². The predicted molar refractivity (Wildman–Crippen MR) is 80.3 cm³/mol. The highest BCUT2D eigenvalue weighted by Gasteiger charge is 2.19. The molecule has 0 aromatic heterocycles. The number of hydrogen-bond donors (Lipinski definition) is 3. The highest BCUT2D eigenvalue weighted by Crippen LogP contribution is 2.13. The van der Waals surface area contributed by atoms with Gasteiger partial charge in [0.2, 0.25) is 5.91 Å². The van der Waals surface area contributed by atoms with Gasteiger partial charge in [-0.1, -0.05) is 18.2 Å². The third-order valence-corrected chi connectivity index (χ3v) is 3.30. The molecule has 5 N–H and O–H groups in total. The molecule has 0 bridgehead atoms. The largest absolute Gasteiger partial charge is 0.370 e. The Bertz CT molecular complexity index is 466. The molecule has 0 aliphatic carbocycles. The van der Waals surface area contributed by atoms with E-state index in [0.29, 0.717) is 12.5 Å². The van der Waals surface area contributed by atoms with Crippen molar-refractivity contribution in [1.29, 1.82) is 0 Å². The van der Waals surface area contributed by atoms with Crippen LogP contribution in [0.3, 0.4) is 0 Å². The second-order valence-corrected chi connectivity index (χ2v) is 4.98. The minimum atomic E-state index is -0.280. The normalized spacial score (nSPS) is 17.9. The zero-order chi connectivity index (χ0) is 14.4. The first-order valence-corrected chi connectivity index (χ1v) is 6.79. The van der Waals surface area contributed by atoms with E-state index in [1.165, 1.54) is 0 Å². The molecule has 0 atom stereocenters. The number of carbonyl (C=O) groups excluding carboxylic acids is 1. The average Bonchev–Trinajstić information content (AvgIpc) is 2.41. The summed E-state index contributed by atoms with van der Waals surface area (Å²) in [6, 6.07) is 9.92. The van der Waals surface area contributed by atoms with Crippen molar-refractivity contribution in [2.75, 3.05) is 25.0 Å². The Morgan fingerprint density at radius 2 is 1.90 bits per heavy atom. The van der Waals surface area contributed by atoms with E-state index < -0.39 is 0 Å². The van der Waals surface area contributed by atoms with E-state index in [9.17, 15) is 4.79 Å². The van der Waals surface area contributed by atoms with E-state index in [1.54, 1.807) is 0 Å². The molecule has 0 radical (unpaired) electrons. The molecule has 2 rings (SSSR count). The van der Waals surface area contributed by atoms with Crippen molar-refractivity contribution < 1.29 is 4.79 Å². The molecule has 1 amide bonds. The molecule has 1 aliphatic heterocycles. The predicted octanol–water partition coefficient (Wildman–Crippen LogP) is 0.363. The zero-order valence-electron chi connectivity index (χ0n) is 11.5. The molecule has 6 heteroatoms. The van der Waals surface area contributed by atoms with E-state index in [1.807, 2.05) is 30.3 Å². The highest BCUT2D eigenvalue weighted by molar-refractivity contribution is 5.92. The maximum Gasteiger partial charge on any atom is 0.231 e. The molecule has 1 aromatic carbocycles. The van der Waals surface area contributed by atoms with E-state index in [4.69, 9.17) is 11.5 Å². The van der Waals surface area contributed by atoms with Crippen LogP contribution in [-0.4, -0.2) is 42.4 Å². The summed E-state index contributed by atoms with van der Waals surface area (Å²) in [5, 5.41) is 3.07. The number of para-hydroxylation sites is 1. The summed E-state index contributed by atoms with van der Waals surface area (Å²) in [5.74, 6) is 0.154. The van der Waals surface area contributed by atoms with E-state index in [2.05, 4.69) is 15.2 Å². The maximum absolute atomic E-state index is 10.9. The number of hydrogen-bond acceptors (Lipinski definition) is 3. The number of piperidine rings is 1. The number of carbonyl (C=O) groups is 1. The summed E-state index contributed by atoms with van der Waals surface area (Å²) in [4.78, 5) is 17.4. The quantitative estimate of drug-likeness (QED) is 0.546. The molecule has 0 unspecified atom stereocenters. The number of rotatable bonds is 4. The number of nitrogens with zero attached hydrogens (tertiary/aromatic N) is 2. The molecule has 108 valence electrons. The van der Waals surface area contributed by atoms with E-state index in [0.717, 1.165) is 31.6 Å². The van der Waals surface area contributed by atoms with Crippen molar-refractivity contribution in [3.8, 4) is 0 Å². The lowest BCUT2D eigenvalue weighted by Crippen LogP contribution is -2.41. The van der Waals surface area contributed by atoms with Crippen LogP contribution in [0.1, 0.15) is 12.8 Å². The molecule has 1 fully saturated rings. The fourth-order valence-electron chi connectivity index (χ4n) is 2.33. The monoisotopic (exact) mass is 275 g/mol.